The minimum absolute atomic E-state index is 0.107. The van der Waals surface area contributed by atoms with E-state index in [1.165, 1.54) is 11.1 Å². The molecule has 102 valence electrons. The summed E-state index contributed by atoms with van der Waals surface area (Å²) in [6.07, 6.45) is 5.03. The zero-order chi connectivity index (χ0) is 13.8. The van der Waals surface area contributed by atoms with Crippen LogP contribution < -0.4 is 5.32 Å². The summed E-state index contributed by atoms with van der Waals surface area (Å²) in [4.78, 5) is 4.53. The van der Waals surface area contributed by atoms with Crippen LogP contribution in [-0.4, -0.2) is 16.6 Å². The summed E-state index contributed by atoms with van der Waals surface area (Å²) in [5.74, 6) is 1.07. The summed E-state index contributed by atoms with van der Waals surface area (Å²) in [6.45, 7) is 5.29. The smallest absolute Gasteiger partial charge is 0.130 e. The molecule has 19 heavy (non-hydrogen) atoms. The molecule has 0 bridgehead atoms. The number of rotatable bonds is 5. The van der Waals surface area contributed by atoms with Gasteiger partial charge in [0.2, 0.25) is 0 Å². The van der Waals surface area contributed by atoms with Gasteiger partial charge >= 0.3 is 0 Å². The molecule has 2 aromatic rings. The van der Waals surface area contributed by atoms with Crippen molar-refractivity contribution in [2.24, 2.45) is 0 Å². The molecule has 1 aromatic heterocycles. The van der Waals surface area contributed by atoms with Gasteiger partial charge in [-0.15, -0.1) is 0 Å². The molecule has 0 spiro atoms. The van der Waals surface area contributed by atoms with Crippen molar-refractivity contribution in [2.45, 2.75) is 32.9 Å². The van der Waals surface area contributed by atoms with E-state index in [-0.39, 0.29) is 6.04 Å². The summed E-state index contributed by atoms with van der Waals surface area (Å²) in [5.41, 5.74) is 2.47. The van der Waals surface area contributed by atoms with Crippen LogP contribution in [-0.2, 0) is 6.54 Å². The van der Waals surface area contributed by atoms with Crippen molar-refractivity contribution in [3.63, 3.8) is 0 Å². The molecule has 0 saturated heterocycles. The monoisotopic (exact) mass is 321 g/mol. The second kappa shape index (κ2) is 6.35. The highest BCUT2D eigenvalue weighted by Crippen LogP contribution is 2.30. The van der Waals surface area contributed by atoms with Crippen LogP contribution in [0.25, 0.3) is 0 Å². The molecule has 0 radical (unpaired) electrons. The maximum atomic E-state index is 4.53. The van der Waals surface area contributed by atoms with Crippen molar-refractivity contribution in [3.8, 4) is 0 Å². The van der Waals surface area contributed by atoms with Crippen molar-refractivity contribution < 1.29 is 0 Å². The van der Waals surface area contributed by atoms with Gasteiger partial charge in [-0.25, -0.2) is 4.98 Å². The van der Waals surface area contributed by atoms with E-state index < -0.39 is 0 Å². The summed E-state index contributed by atoms with van der Waals surface area (Å²) in [6, 6.07) is 6.45. The molecule has 0 aliphatic rings. The molecule has 4 heteroatoms. The molecular weight excluding hydrogens is 302 g/mol. The van der Waals surface area contributed by atoms with Crippen LogP contribution in [0.1, 0.15) is 36.3 Å². The Bertz CT molecular complexity index is 548. The lowest BCUT2D eigenvalue weighted by molar-refractivity contribution is 0.566. The number of hydrogen-bond donors (Lipinski definition) is 1. The summed E-state index contributed by atoms with van der Waals surface area (Å²) < 4.78 is 3.37. The standard InChI is InChI=1S/C15H20BrN3/c1-4-9-19-10-8-18-15(19)14(17-3)12-7-5-6-11(2)13(12)16/h5-8,10,14,17H,4,9H2,1-3H3. The van der Waals surface area contributed by atoms with Crippen LogP contribution in [0.4, 0.5) is 0 Å². The van der Waals surface area contributed by atoms with Crippen LogP contribution in [0.2, 0.25) is 0 Å². The highest BCUT2D eigenvalue weighted by atomic mass is 79.9. The molecule has 1 atom stereocenters. The zero-order valence-corrected chi connectivity index (χ0v) is 13.2. The number of nitrogens with one attached hydrogen (secondary N) is 1. The third kappa shape index (κ3) is 2.90. The molecule has 0 amide bonds. The third-order valence-electron chi connectivity index (χ3n) is 3.29. The molecular formula is C15H20BrN3. The Morgan fingerprint density at radius 1 is 1.42 bits per heavy atom. The molecule has 1 heterocycles. The normalized spacial score (nSPS) is 12.6. The molecule has 2 rings (SSSR count). The number of halogens is 1. The van der Waals surface area contributed by atoms with Crippen LogP contribution in [0.3, 0.4) is 0 Å². The molecule has 3 nitrogen and oxygen atoms in total. The first-order valence-corrected chi connectivity index (χ1v) is 7.41. The molecule has 1 aromatic carbocycles. The highest BCUT2D eigenvalue weighted by Gasteiger charge is 2.20. The predicted molar refractivity (Wildman–Crippen MR) is 82.3 cm³/mol. The number of aryl methyl sites for hydroxylation is 2. The van der Waals surface area contributed by atoms with Crippen molar-refractivity contribution in [1.82, 2.24) is 14.9 Å². The van der Waals surface area contributed by atoms with E-state index in [1.54, 1.807) is 0 Å². The Morgan fingerprint density at radius 3 is 2.89 bits per heavy atom. The van der Waals surface area contributed by atoms with E-state index in [4.69, 9.17) is 0 Å². The van der Waals surface area contributed by atoms with Crippen molar-refractivity contribution in [3.05, 3.63) is 52.0 Å². The van der Waals surface area contributed by atoms with Gasteiger partial charge in [0.15, 0.2) is 0 Å². The number of aromatic nitrogens is 2. The molecule has 1 N–H and O–H groups in total. The van der Waals surface area contributed by atoms with Crippen LogP contribution in [0, 0.1) is 6.92 Å². The zero-order valence-electron chi connectivity index (χ0n) is 11.7. The van der Waals surface area contributed by atoms with E-state index in [0.717, 1.165) is 23.3 Å². The number of imidazole rings is 1. The average Bonchev–Trinajstić information content (AvgIpc) is 2.84. The second-order valence-corrected chi connectivity index (χ2v) is 5.47. The fourth-order valence-electron chi connectivity index (χ4n) is 2.33. The van der Waals surface area contributed by atoms with E-state index in [1.807, 2.05) is 19.4 Å². The van der Waals surface area contributed by atoms with E-state index >= 15 is 0 Å². The Kier molecular flexibility index (Phi) is 4.77. The molecule has 0 aliphatic carbocycles. The van der Waals surface area contributed by atoms with Gasteiger partial charge in [0, 0.05) is 23.4 Å². The van der Waals surface area contributed by atoms with Crippen molar-refractivity contribution >= 4 is 15.9 Å². The summed E-state index contributed by atoms with van der Waals surface area (Å²) >= 11 is 3.69. The summed E-state index contributed by atoms with van der Waals surface area (Å²) in [5, 5.41) is 3.37. The minimum atomic E-state index is 0.107. The van der Waals surface area contributed by atoms with Gasteiger partial charge < -0.3 is 9.88 Å². The number of hydrogen-bond acceptors (Lipinski definition) is 2. The first kappa shape index (κ1) is 14.3. The first-order chi connectivity index (χ1) is 9.19. The van der Waals surface area contributed by atoms with Crippen molar-refractivity contribution in [2.75, 3.05) is 7.05 Å². The Morgan fingerprint density at radius 2 is 2.21 bits per heavy atom. The van der Waals surface area contributed by atoms with Crippen LogP contribution in [0.15, 0.2) is 35.1 Å². The van der Waals surface area contributed by atoms with Crippen LogP contribution >= 0.6 is 15.9 Å². The number of nitrogens with zero attached hydrogens (tertiary/aromatic N) is 2. The maximum absolute atomic E-state index is 4.53. The largest absolute Gasteiger partial charge is 0.333 e. The van der Waals surface area contributed by atoms with Gasteiger partial charge in [-0.3, -0.25) is 0 Å². The second-order valence-electron chi connectivity index (χ2n) is 4.68. The van der Waals surface area contributed by atoms with E-state index in [9.17, 15) is 0 Å². The Labute approximate surface area is 123 Å². The fourth-order valence-corrected chi connectivity index (χ4v) is 2.82. The predicted octanol–water partition coefficient (Wildman–Crippen LogP) is 3.67. The lowest BCUT2D eigenvalue weighted by Crippen LogP contribution is -2.22. The third-order valence-corrected chi connectivity index (χ3v) is 4.37. The van der Waals surface area contributed by atoms with Gasteiger partial charge in [-0.05, 0) is 31.5 Å². The van der Waals surface area contributed by atoms with Crippen LogP contribution in [0.5, 0.6) is 0 Å². The quantitative estimate of drug-likeness (QED) is 0.910. The van der Waals surface area contributed by atoms with Crippen molar-refractivity contribution in [1.29, 1.82) is 0 Å². The average molecular weight is 322 g/mol. The molecule has 0 aliphatic heterocycles. The highest BCUT2D eigenvalue weighted by molar-refractivity contribution is 9.10. The maximum Gasteiger partial charge on any atom is 0.130 e. The lowest BCUT2D eigenvalue weighted by Gasteiger charge is -2.20. The van der Waals surface area contributed by atoms with Gasteiger partial charge in [0.1, 0.15) is 5.82 Å². The Hall–Kier alpha value is -1.13. The number of benzene rings is 1. The molecule has 1 unspecified atom stereocenters. The van der Waals surface area contributed by atoms with Gasteiger partial charge in [0.25, 0.3) is 0 Å². The van der Waals surface area contributed by atoms with Gasteiger partial charge in [-0.1, -0.05) is 41.1 Å². The van der Waals surface area contributed by atoms with E-state index in [2.05, 4.69) is 62.8 Å². The summed E-state index contributed by atoms with van der Waals surface area (Å²) in [7, 11) is 1.98. The van der Waals surface area contributed by atoms with E-state index in [0.29, 0.717) is 0 Å². The first-order valence-electron chi connectivity index (χ1n) is 6.62. The SMILES string of the molecule is CCCn1ccnc1C(NC)c1cccc(C)c1Br. The van der Waals surface area contributed by atoms with Gasteiger partial charge in [-0.2, -0.15) is 0 Å². The molecule has 0 fully saturated rings. The van der Waals surface area contributed by atoms with Gasteiger partial charge in [0.05, 0.1) is 6.04 Å². The topological polar surface area (TPSA) is 29.9 Å². The minimum Gasteiger partial charge on any atom is -0.333 e. The molecule has 0 saturated carbocycles. The fraction of sp³-hybridized carbons (Fsp3) is 0.400. The lowest BCUT2D eigenvalue weighted by atomic mass is 10.0. The Balaban J connectivity index is 2.44.